The number of nitrogens with two attached hydrogens (primary N) is 1. The molecule has 136 valence electrons. The van der Waals surface area contributed by atoms with Gasteiger partial charge in [-0.05, 0) is 37.1 Å². The Morgan fingerprint density at radius 3 is 2.58 bits per heavy atom. The molecule has 0 aromatic heterocycles. The van der Waals surface area contributed by atoms with Crippen LogP contribution in [0.1, 0.15) is 18.4 Å². The summed E-state index contributed by atoms with van der Waals surface area (Å²) in [5.74, 6) is 0.0816. The number of rotatable bonds is 6. The number of sulfone groups is 1. The minimum Gasteiger partial charge on any atom is -0.355 e. The van der Waals surface area contributed by atoms with Gasteiger partial charge in [0.25, 0.3) is 0 Å². The fraction of sp³-hybridized carbons (Fsp3) is 0.562. The fourth-order valence-electron chi connectivity index (χ4n) is 2.85. The first kappa shape index (κ1) is 20.9. The van der Waals surface area contributed by atoms with Gasteiger partial charge in [0.05, 0.1) is 10.8 Å². The minimum atomic E-state index is -3.16. The van der Waals surface area contributed by atoms with E-state index < -0.39 is 9.84 Å². The predicted molar refractivity (Wildman–Crippen MR) is 96.9 cm³/mol. The Balaban J connectivity index is 0.00000288. The molecule has 1 saturated heterocycles. The van der Waals surface area contributed by atoms with Crippen molar-refractivity contribution in [2.45, 2.75) is 24.3 Å². The van der Waals surface area contributed by atoms with Gasteiger partial charge in [0.2, 0.25) is 5.91 Å². The van der Waals surface area contributed by atoms with Gasteiger partial charge in [-0.2, -0.15) is 0 Å². The smallest absolute Gasteiger partial charge is 0.224 e. The molecule has 1 unspecified atom stereocenters. The molecule has 0 spiro atoms. The van der Waals surface area contributed by atoms with E-state index in [0.29, 0.717) is 18.0 Å². The third kappa shape index (κ3) is 6.05. The Morgan fingerprint density at radius 1 is 1.33 bits per heavy atom. The van der Waals surface area contributed by atoms with E-state index in [4.69, 9.17) is 5.73 Å². The maximum atomic E-state index is 12.0. The predicted octanol–water partition coefficient (Wildman–Crippen LogP) is 0.799. The van der Waals surface area contributed by atoms with Gasteiger partial charge in [0.15, 0.2) is 9.84 Å². The maximum absolute atomic E-state index is 12.0. The minimum absolute atomic E-state index is 0. The molecule has 6 nitrogen and oxygen atoms in total. The Labute approximate surface area is 150 Å². The van der Waals surface area contributed by atoms with Crippen molar-refractivity contribution in [1.82, 2.24) is 10.2 Å². The molecule has 1 fully saturated rings. The first-order chi connectivity index (χ1) is 10.9. The van der Waals surface area contributed by atoms with Gasteiger partial charge in [-0.25, -0.2) is 8.42 Å². The highest BCUT2D eigenvalue weighted by Gasteiger charge is 2.25. The molecule has 1 aromatic rings. The third-order valence-corrected chi connectivity index (χ3v) is 5.21. The van der Waals surface area contributed by atoms with E-state index in [1.54, 1.807) is 12.1 Å². The second kappa shape index (κ2) is 9.36. The van der Waals surface area contributed by atoms with Crippen molar-refractivity contribution in [2.75, 3.05) is 32.4 Å². The molecule has 0 aliphatic carbocycles. The SMILES string of the molecule is CS(=O)(=O)c1ccc(CN2CCCC(C(=O)NCCN)C2)cc1.Cl. The summed E-state index contributed by atoms with van der Waals surface area (Å²) in [5.41, 5.74) is 6.47. The molecule has 1 heterocycles. The molecule has 0 saturated carbocycles. The molecular formula is C16H26ClN3O3S. The van der Waals surface area contributed by atoms with Crippen molar-refractivity contribution >= 4 is 28.2 Å². The molecule has 1 aromatic carbocycles. The zero-order valence-electron chi connectivity index (χ0n) is 13.9. The van der Waals surface area contributed by atoms with Crippen molar-refractivity contribution < 1.29 is 13.2 Å². The quantitative estimate of drug-likeness (QED) is 0.767. The molecule has 3 N–H and O–H groups in total. The highest BCUT2D eigenvalue weighted by molar-refractivity contribution is 7.90. The van der Waals surface area contributed by atoms with Crippen molar-refractivity contribution in [2.24, 2.45) is 11.7 Å². The number of carbonyl (C=O) groups is 1. The molecule has 1 aliphatic rings. The lowest BCUT2D eigenvalue weighted by atomic mass is 9.96. The van der Waals surface area contributed by atoms with Crippen LogP contribution in [0.2, 0.25) is 0 Å². The summed E-state index contributed by atoms with van der Waals surface area (Å²) in [5, 5.41) is 2.85. The standard InChI is InChI=1S/C16H25N3O3S.ClH/c1-23(21,22)15-6-4-13(5-7-15)11-19-10-2-3-14(12-19)16(20)18-9-8-17;/h4-7,14H,2-3,8-12,17H2,1H3,(H,18,20);1H. The zero-order chi connectivity index (χ0) is 16.9. The Bertz CT molecular complexity index is 634. The van der Waals surface area contributed by atoms with Crippen molar-refractivity contribution in [3.8, 4) is 0 Å². The normalized spacial score (nSPS) is 18.7. The highest BCUT2D eigenvalue weighted by atomic mass is 35.5. The molecule has 1 amide bonds. The summed E-state index contributed by atoms with van der Waals surface area (Å²) in [6.45, 7) is 3.38. The monoisotopic (exact) mass is 375 g/mol. The summed E-state index contributed by atoms with van der Waals surface area (Å²) in [4.78, 5) is 14.6. The summed E-state index contributed by atoms with van der Waals surface area (Å²) in [7, 11) is -3.16. The number of piperidine rings is 1. The molecule has 1 aliphatic heterocycles. The number of nitrogens with zero attached hydrogens (tertiary/aromatic N) is 1. The van der Waals surface area contributed by atoms with Crippen LogP contribution in [0.5, 0.6) is 0 Å². The zero-order valence-corrected chi connectivity index (χ0v) is 15.5. The maximum Gasteiger partial charge on any atom is 0.224 e. The lowest BCUT2D eigenvalue weighted by molar-refractivity contribution is -0.126. The Kier molecular flexibility index (Phi) is 8.15. The second-order valence-corrected chi connectivity index (χ2v) is 8.09. The van der Waals surface area contributed by atoms with E-state index in [-0.39, 0.29) is 24.2 Å². The topological polar surface area (TPSA) is 92.5 Å². The molecular weight excluding hydrogens is 350 g/mol. The number of carbonyl (C=O) groups excluding carboxylic acids is 1. The van der Waals surface area contributed by atoms with E-state index in [9.17, 15) is 13.2 Å². The number of halogens is 1. The summed E-state index contributed by atoms with van der Waals surface area (Å²) in [6, 6.07) is 6.96. The van der Waals surface area contributed by atoms with E-state index >= 15 is 0 Å². The van der Waals surface area contributed by atoms with Crippen molar-refractivity contribution in [1.29, 1.82) is 0 Å². The lowest BCUT2D eigenvalue weighted by Gasteiger charge is -2.32. The summed E-state index contributed by atoms with van der Waals surface area (Å²) < 4.78 is 22.9. The fourth-order valence-corrected chi connectivity index (χ4v) is 3.48. The first-order valence-electron chi connectivity index (χ1n) is 7.89. The summed E-state index contributed by atoms with van der Waals surface area (Å²) >= 11 is 0. The lowest BCUT2D eigenvalue weighted by Crippen LogP contribution is -2.43. The van der Waals surface area contributed by atoms with E-state index in [2.05, 4.69) is 10.2 Å². The number of hydrogen-bond donors (Lipinski definition) is 2. The average Bonchev–Trinajstić information content (AvgIpc) is 2.52. The van der Waals surface area contributed by atoms with Crippen molar-refractivity contribution in [3.63, 3.8) is 0 Å². The van der Waals surface area contributed by atoms with Crippen LogP contribution in [0.3, 0.4) is 0 Å². The van der Waals surface area contributed by atoms with Crippen LogP contribution in [-0.4, -0.2) is 51.7 Å². The molecule has 0 radical (unpaired) electrons. The van der Waals surface area contributed by atoms with Crippen LogP contribution < -0.4 is 11.1 Å². The number of benzene rings is 1. The second-order valence-electron chi connectivity index (χ2n) is 6.07. The number of nitrogens with one attached hydrogen (secondary N) is 1. The largest absolute Gasteiger partial charge is 0.355 e. The van der Waals surface area contributed by atoms with Crippen LogP contribution in [0.4, 0.5) is 0 Å². The third-order valence-electron chi connectivity index (χ3n) is 4.08. The number of hydrogen-bond acceptors (Lipinski definition) is 5. The highest BCUT2D eigenvalue weighted by Crippen LogP contribution is 2.19. The van der Waals surface area contributed by atoms with E-state index in [1.165, 1.54) is 6.26 Å². The van der Waals surface area contributed by atoms with Gasteiger partial charge in [-0.15, -0.1) is 12.4 Å². The van der Waals surface area contributed by atoms with Crippen LogP contribution in [-0.2, 0) is 21.2 Å². The molecule has 1 atom stereocenters. The molecule has 2 rings (SSSR count). The van der Waals surface area contributed by atoms with Gasteiger partial charge < -0.3 is 11.1 Å². The first-order valence-corrected chi connectivity index (χ1v) is 9.78. The Morgan fingerprint density at radius 2 is 2.00 bits per heavy atom. The van der Waals surface area contributed by atoms with Crippen LogP contribution >= 0.6 is 12.4 Å². The van der Waals surface area contributed by atoms with Gasteiger partial charge in [-0.3, -0.25) is 9.69 Å². The molecule has 24 heavy (non-hydrogen) atoms. The van der Waals surface area contributed by atoms with Crippen LogP contribution in [0, 0.1) is 5.92 Å². The van der Waals surface area contributed by atoms with Gasteiger partial charge in [0.1, 0.15) is 0 Å². The number of amides is 1. The van der Waals surface area contributed by atoms with Crippen LogP contribution in [0.15, 0.2) is 29.2 Å². The number of likely N-dealkylation sites (tertiary alicyclic amines) is 1. The van der Waals surface area contributed by atoms with Gasteiger partial charge in [-0.1, -0.05) is 12.1 Å². The average molecular weight is 376 g/mol. The molecule has 0 bridgehead atoms. The van der Waals surface area contributed by atoms with Crippen LogP contribution in [0.25, 0.3) is 0 Å². The van der Waals surface area contributed by atoms with Crippen molar-refractivity contribution in [3.05, 3.63) is 29.8 Å². The van der Waals surface area contributed by atoms with E-state index in [1.807, 2.05) is 12.1 Å². The molecule has 8 heteroatoms. The Hall–Kier alpha value is -1.15. The van der Waals surface area contributed by atoms with Gasteiger partial charge in [0, 0.05) is 32.4 Å². The van der Waals surface area contributed by atoms with Gasteiger partial charge >= 0.3 is 0 Å². The van der Waals surface area contributed by atoms with E-state index in [0.717, 1.165) is 38.0 Å². The summed E-state index contributed by atoms with van der Waals surface area (Å²) in [6.07, 6.45) is 3.10.